The highest BCUT2D eigenvalue weighted by Crippen LogP contribution is 2.33. The van der Waals surface area contributed by atoms with Gasteiger partial charge in [-0.1, -0.05) is 0 Å². The van der Waals surface area contributed by atoms with E-state index in [0.717, 1.165) is 66.2 Å². The maximum Gasteiger partial charge on any atom is 0.160 e. The third-order valence-corrected chi connectivity index (χ3v) is 6.14. The summed E-state index contributed by atoms with van der Waals surface area (Å²) in [5.74, 6) is -1.11. The third-order valence-electron chi connectivity index (χ3n) is 6.14. The molecule has 176 valence electrons. The van der Waals surface area contributed by atoms with Crippen molar-refractivity contribution in [3.8, 4) is 22.4 Å². The predicted molar refractivity (Wildman–Crippen MR) is 134 cm³/mol. The quantitative estimate of drug-likeness (QED) is 0.347. The van der Waals surface area contributed by atoms with Crippen LogP contribution in [0.2, 0.25) is 0 Å². The average molecular weight is 471 g/mol. The molecule has 5 rings (SSSR count). The van der Waals surface area contributed by atoms with E-state index in [2.05, 4.69) is 25.6 Å². The van der Waals surface area contributed by atoms with E-state index >= 15 is 0 Å². The number of halogens is 2. The van der Waals surface area contributed by atoms with Crippen LogP contribution in [0.15, 0.2) is 67.3 Å². The molecular formula is C27H24F2N6. The first-order valence-corrected chi connectivity index (χ1v) is 11.5. The Balaban J connectivity index is 1.58. The summed E-state index contributed by atoms with van der Waals surface area (Å²) in [5, 5.41) is 15.5. The summed E-state index contributed by atoms with van der Waals surface area (Å²) in [6, 6.07) is 11.0. The molecule has 1 aromatic carbocycles. The lowest BCUT2D eigenvalue weighted by Crippen LogP contribution is -2.37. The number of rotatable bonds is 6. The lowest BCUT2D eigenvalue weighted by molar-refractivity contribution is 0.420. The molecule has 1 aliphatic heterocycles. The van der Waals surface area contributed by atoms with Crippen molar-refractivity contribution in [2.75, 3.05) is 13.1 Å². The highest BCUT2D eigenvalue weighted by molar-refractivity contribution is 6.08. The predicted octanol–water partition coefficient (Wildman–Crippen LogP) is 4.97. The molecule has 0 amide bonds. The average Bonchev–Trinajstić information content (AvgIpc) is 2.90. The number of aromatic nitrogens is 3. The van der Waals surface area contributed by atoms with Gasteiger partial charge in [0, 0.05) is 64.7 Å². The number of hydrogen-bond donors (Lipinski definition) is 3. The lowest BCUT2D eigenvalue weighted by atomic mass is 9.98. The summed E-state index contributed by atoms with van der Waals surface area (Å²) >= 11 is 0. The van der Waals surface area contributed by atoms with Gasteiger partial charge in [0.1, 0.15) is 11.6 Å². The van der Waals surface area contributed by atoms with Gasteiger partial charge in [-0.25, -0.2) is 18.7 Å². The fraction of sp³-hybridized carbons (Fsp3) is 0.185. The minimum Gasteiger partial charge on any atom is -0.388 e. The minimum atomic E-state index is -0.565. The topological polar surface area (TPSA) is 86.6 Å². The molecule has 0 bridgehead atoms. The molecule has 0 radical (unpaired) electrons. The smallest absolute Gasteiger partial charge is 0.160 e. The summed E-state index contributed by atoms with van der Waals surface area (Å²) < 4.78 is 28.5. The number of piperidine rings is 1. The third kappa shape index (κ3) is 4.93. The van der Waals surface area contributed by atoms with E-state index in [9.17, 15) is 8.78 Å². The van der Waals surface area contributed by atoms with E-state index in [1.807, 2.05) is 18.3 Å². The first kappa shape index (κ1) is 22.7. The van der Waals surface area contributed by atoms with Crippen molar-refractivity contribution in [2.24, 2.45) is 0 Å². The SMILES string of the molecule is N=C/C(=C\NC1CCNCC1)c1cncc(-c2cc(-c3cc(F)ccc3F)nc3ncccc23)c1. The van der Waals surface area contributed by atoms with Crippen molar-refractivity contribution >= 4 is 22.8 Å². The van der Waals surface area contributed by atoms with Crippen LogP contribution >= 0.6 is 0 Å². The van der Waals surface area contributed by atoms with Gasteiger partial charge in [0.2, 0.25) is 0 Å². The van der Waals surface area contributed by atoms with Gasteiger partial charge in [-0.2, -0.15) is 0 Å². The summed E-state index contributed by atoms with van der Waals surface area (Å²) in [6.45, 7) is 1.94. The number of fused-ring (bicyclic) bond motifs is 1. The molecule has 1 fully saturated rings. The number of nitrogens with zero attached hydrogens (tertiary/aromatic N) is 3. The molecule has 3 N–H and O–H groups in total. The fourth-order valence-corrected chi connectivity index (χ4v) is 4.28. The Hall–Kier alpha value is -4.04. The molecular weight excluding hydrogens is 446 g/mol. The Bertz CT molecular complexity index is 1410. The lowest BCUT2D eigenvalue weighted by Gasteiger charge is -2.23. The van der Waals surface area contributed by atoms with Gasteiger partial charge in [-0.05, 0) is 74.0 Å². The summed E-state index contributed by atoms with van der Waals surface area (Å²) in [4.78, 5) is 13.2. The number of benzene rings is 1. The van der Waals surface area contributed by atoms with Crippen LogP contribution in [0.3, 0.4) is 0 Å². The molecule has 1 saturated heterocycles. The van der Waals surface area contributed by atoms with Crippen molar-refractivity contribution in [3.05, 3.63) is 84.5 Å². The van der Waals surface area contributed by atoms with E-state index in [4.69, 9.17) is 5.41 Å². The van der Waals surface area contributed by atoms with Gasteiger partial charge in [-0.15, -0.1) is 0 Å². The van der Waals surface area contributed by atoms with Gasteiger partial charge in [0.15, 0.2) is 5.65 Å². The second-order valence-electron chi connectivity index (χ2n) is 8.45. The number of hydrogen-bond acceptors (Lipinski definition) is 6. The van der Waals surface area contributed by atoms with Crippen LogP contribution in [0.25, 0.3) is 39.0 Å². The monoisotopic (exact) mass is 470 g/mol. The Morgan fingerprint density at radius 1 is 1.06 bits per heavy atom. The standard InChI is InChI=1S/C27H24F2N6/c28-20-3-4-25(29)24(11-20)26-12-23(22-2-1-7-33-27(22)35-26)18-10-17(14-32-15-18)19(13-30)16-34-21-5-8-31-9-6-21/h1-4,7,10-16,21,30-31,34H,5-6,8-9H2/b19-16+,30-13?. The molecule has 8 heteroatoms. The van der Waals surface area contributed by atoms with Crippen molar-refractivity contribution in [1.82, 2.24) is 25.6 Å². The molecule has 6 nitrogen and oxygen atoms in total. The van der Waals surface area contributed by atoms with Crippen LogP contribution < -0.4 is 10.6 Å². The highest BCUT2D eigenvalue weighted by atomic mass is 19.1. The molecule has 0 saturated carbocycles. The molecule has 0 aliphatic carbocycles. The summed E-state index contributed by atoms with van der Waals surface area (Å²) in [6.07, 6.45) is 10.2. The Morgan fingerprint density at radius 3 is 2.74 bits per heavy atom. The first-order chi connectivity index (χ1) is 17.1. The Labute approximate surface area is 201 Å². The molecule has 3 aromatic heterocycles. The van der Waals surface area contributed by atoms with E-state index in [1.165, 1.54) is 6.21 Å². The minimum absolute atomic E-state index is 0.0640. The maximum absolute atomic E-state index is 14.6. The van der Waals surface area contributed by atoms with Gasteiger partial charge >= 0.3 is 0 Å². The van der Waals surface area contributed by atoms with Crippen molar-refractivity contribution in [3.63, 3.8) is 0 Å². The van der Waals surface area contributed by atoms with E-state index in [-0.39, 0.29) is 11.3 Å². The van der Waals surface area contributed by atoms with Gasteiger partial charge < -0.3 is 16.0 Å². The van der Waals surface area contributed by atoms with E-state index < -0.39 is 11.6 Å². The van der Waals surface area contributed by atoms with Crippen LogP contribution in [-0.4, -0.2) is 40.3 Å². The molecule has 4 heterocycles. The van der Waals surface area contributed by atoms with Crippen LogP contribution in [-0.2, 0) is 0 Å². The Morgan fingerprint density at radius 2 is 1.91 bits per heavy atom. The van der Waals surface area contributed by atoms with Gasteiger partial charge in [-0.3, -0.25) is 4.98 Å². The molecule has 1 aliphatic rings. The Kier molecular flexibility index (Phi) is 6.54. The van der Waals surface area contributed by atoms with Crippen molar-refractivity contribution in [1.29, 1.82) is 5.41 Å². The van der Waals surface area contributed by atoms with Crippen LogP contribution in [0.4, 0.5) is 8.78 Å². The zero-order valence-electron chi connectivity index (χ0n) is 18.9. The number of pyridine rings is 3. The van der Waals surface area contributed by atoms with E-state index in [1.54, 1.807) is 30.7 Å². The van der Waals surface area contributed by atoms with Crippen LogP contribution in [0, 0.1) is 17.0 Å². The molecule has 4 aromatic rings. The summed E-state index contributed by atoms with van der Waals surface area (Å²) in [7, 11) is 0. The molecule has 0 atom stereocenters. The van der Waals surface area contributed by atoms with Crippen LogP contribution in [0.1, 0.15) is 18.4 Å². The highest BCUT2D eigenvalue weighted by Gasteiger charge is 2.15. The fourth-order valence-electron chi connectivity index (χ4n) is 4.28. The van der Waals surface area contributed by atoms with E-state index in [0.29, 0.717) is 17.3 Å². The second kappa shape index (κ2) is 10.1. The van der Waals surface area contributed by atoms with Gasteiger partial charge in [0.05, 0.1) is 5.69 Å². The second-order valence-corrected chi connectivity index (χ2v) is 8.45. The number of allylic oxidation sites excluding steroid dienone is 1. The van der Waals surface area contributed by atoms with Gasteiger partial charge in [0.25, 0.3) is 0 Å². The molecule has 0 unspecified atom stereocenters. The summed E-state index contributed by atoms with van der Waals surface area (Å²) in [5.41, 5.74) is 3.74. The first-order valence-electron chi connectivity index (χ1n) is 11.5. The van der Waals surface area contributed by atoms with Crippen molar-refractivity contribution in [2.45, 2.75) is 18.9 Å². The number of nitrogens with one attached hydrogen (secondary N) is 3. The molecule has 0 spiro atoms. The largest absolute Gasteiger partial charge is 0.388 e. The maximum atomic E-state index is 14.6. The normalized spacial score (nSPS) is 14.7. The molecule has 35 heavy (non-hydrogen) atoms. The zero-order valence-corrected chi connectivity index (χ0v) is 18.9. The van der Waals surface area contributed by atoms with Crippen LogP contribution in [0.5, 0.6) is 0 Å². The van der Waals surface area contributed by atoms with Crippen molar-refractivity contribution < 1.29 is 8.78 Å². The zero-order chi connectivity index (χ0) is 24.2.